The SMILES string of the molecule is Cc1ccc2c(c1C)OC1(CCN(C(=O)CCc3ccccc3)CC1)CC2=O. The first kappa shape index (κ1) is 18.7. The van der Waals surface area contributed by atoms with Gasteiger partial charge in [0.15, 0.2) is 5.78 Å². The molecule has 2 aromatic rings. The normalized spacial score (nSPS) is 17.9. The Morgan fingerprint density at radius 3 is 2.50 bits per heavy atom. The van der Waals surface area contributed by atoms with Gasteiger partial charge in [-0.2, -0.15) is 0 Å². The van der Waals surface area contributed by atoms with Crippen LogP contribution >= 0.6 is 0 Å². The summed E-state index contributed by atoms with van der Waals surface area (Å²) in [5.74, 6) is 1.10. The van der Waals surface area contributed by atoms with Crippen molar-refractivity contribution in [2.75, 3.05) is 13.1 Å². The van der Waals surface area contributed by atoms with Gasteiger partial charge in [-0.05, 0) is 43.0 Å². The van der Waals surface area contributed by atoms with Gasteiger partial charge in [0.1, 0.15) is 11.4 Å². The third kappa shape index (κ3) is 3.56. The van der Waals surface area contributed by atoms with Gasteiger partial charge in [0.05, 0.1) is 12.0 Å². The first-order valence-corrected chi connectivity index (χ1v) is 10.1. The summed E-state index contributed by atoms with van der Waals surface area (Å²) >= 11 is 0. The van der Waals surface area contributed by atoms with Crippen molar-refractivity contribution in [2.24, 2.45) is 0 Å². The molecule has 146 valence electrons. The van der Waals surface area contributed by atoms with E-state index in [0.29, 0.717) is 44.3 Å². The van der Waals surface area contributed by atoms with Gasteiger partial charge in [-0.1, -0.05) is 36.4 Å². The predicted octanol–water partition coefficient (Wildman–Crippen LogP) is 4.26. The molecule has 4 rings (SSSR count). The van der Waals surface area contributed by atoms with Crippen LogP contribution in [0.5, 0.6) is 5.75 Å². The fraction of sp³-hybridized carbons (Fsp3) is 0.417. The number of carbonyl (C=O) groups is 2. The zero-order valence-electron chi connectivity index (χ0n) is 16.7. The number of amides is 1. The van der Waals surface area contributed by atoms with Crippen LogP contribution in [0.25, 0.3) is 0 Å². The number of piperidine rings is 1. The van der Waals surface area contributed by atoms with Crippen LogP contribution in [0.3, 0.4) is 0 Å². The van der Waals surface area contributed by atoms with E-state index in [1.54, 1.807) is 0 Å². The maximum atomic E-state index is 12.7. The Labute approximate surface area is 166 Å². The molecule has 0 bridgehead atoms. The smallest absolute Gasteiger partial charge is 0.222 e. The van der Waals surface area contributed by atoms with Crippen molar-refractivity contribution >= 4 is 11.7 Å². The van der Waals surface area contributed by atoms with Crippen molar-refractivity contribution in [3.05, 3.63) is 64.7 Å². The number of ether oxygens (including phenoxy) is 1. The largest absolute Gasteiger partial charge is 0.486 e. The zero-order valence-corrected chi connectivity index (χ0v) is 16.7. The number of benzene rings is 2. The average molecular weight is 377 g/mol. The van der Waals surface area contributed by atoms with E-state index in [1.165, 1.54) is 5.56 Å². The minimum absolute atomic E-state index is 0.160. The van der Waals surface area contributed by atoms with Crippen LogP contribution in [-0.4, -0.2) is 35.3 Å². The van der Waals surface area contributed by atoms with E-state index in [-0.39, 0.29) is 11.7 Å². The van der Waals surface area contributed by atoms with Crippen LogP contribution in [0.4, 0.5) is 0 Å². The summed E-state index contributed by atoms with van der Waals surface area (Å²) in [5, 5.41) is 0. The Kier molecular flexibility index (Phi) is 4.96. The number of Topliss-reactive ketones (excluding diaryl/α,β-unsaturated/α-hetero) is 1. The molecule has 1 fully saturated rings. The van der Waals surface area contributed by atoms with Crippen LogP contribution in [-0.2, 0) is 11.2 Å². The van der Waals surface area contributed by atoms with Gasteiger partial charge < -0.3 is 9.64 Å². The third-order valence-electron chi connectivity index (χ3n) is 6.28. The van der Waals surface area contributed by atoms with E-state index in [0.717, 1.165) is 23.3 Å². The molecule has 2 aliphatic rings. The average Bonchev–Trinajstić information content (AvgIpc) is 2.71. The first-order chi connectivity index (χ1) is 13.5. The van der Waals surface area contributed by atoms with E-state index >= 15 is 0 Å². The van der Waals surface area contributed by atoms with Crippen LogP contribution in [0.15, 0.2) is 42.5 Å². The summed E-state index contributed by atoms with van der Waals surface area (Å²) in [5.41, 5.74) is 3.62. The highest BCUT2D eigenvalue weighted by atomic mass is 16.5. The van der Waals surface area contributed by atoms with Crippen molar-refractivity contribution in [2.45, 2.75) is 51.6 Å². The monoisotopic (exact) mass is 377 g/mol. The van der Waals surface area contributed by atoms with Gasteiger partial charge in [-0.15, -0.1) is 0 Å². The molecule has 1 saturated heterocycles. The molecule has 1 amide bonds. The van der Waals surface area contributed by atoms with E-state index in [1.807, 2.05) is 49.1 Å². The quantitative estimate of drug-likeness (QED) is 0.803. The molecule has 0 atom stereocenters. The Balaban J connectivity index is 1.40. The highest BCUT2D eigenvalue weighted by Crippen LogP contribution is 2.41. The zero-order chi connectivity index (χ0) is 19.7. The van der Waals surface area contributed by atoms with E-state index in [2.05, 4.69) is 12.1 Å². The number of hydrogen-bond donors (Lipinski definition) is 0. The van der Waals surface area contributed by atoms with Crippen molar-refractivity contribution in [1.82, 2.24) is 4.90 Å². The van der Waals surface area contributed by atoms with E-state index in [4.69, 9.17) is 4.74 Å². The third-order valence-corrected chi connectivity index (χ3v) is 6.28. The Morgan fingerprint density at radius 1 is 1.07 bits per heavy atom. The second-order valence-electron chi connectivity index (χ2n) is 8.14. The maximum Gasteiger partial charge on any atom is 0.222 e. The Hall–Kier alpha value is -2.62. The highest BCUT2D eigenvalue weighted by molar-refractivity contribution is 6.01. The summed E-state index contributed by atoms with van der Waals surface area (Å²) in [6.45, 7) is 5.36. The van der Waals surface area contributed by atoms with Gasteiger partial charge in [0, 0.05) is 32.4 Å². The van der Waals surface area contributed by atoms with Crippen LogP contribution in [0.2, 0.25) is 0 Å². The molecule has 0 saturated carbocycles. The minimum Gasteiger partial charge on any atom is -0.486 e. The van der Waals surface area contributed by atoms with Gasteiger partial charge in [0.2, 0.25) is 5.91 Å². The standard InChI is InChI=1S/C24H27NO3/c1-17-8-10-20-21(26)16-24(28-23(20)18(17)2)12-14-25(15-13-24)22(27)11-9-19-6-4-3-5-7-19/h3-8,10H,9,11-16H2,1-2H3. The molecule has 4 heteroatoms. The molecular weight excluding hydrogens is 350 g/mol. The summed E-state index contributed by atoms with van der Waals surface area (Å²) in [6.07, 6.45) is 3.12. The molecule has 0 N–H and O–H groups in total. The maximum absolute atomic E-state index is 12.7. The fourth-order valence-corrected chi connectivity index (χ4v) is 4.28. The fourth-order valence-electron chi connectivity index (χ4n) is 4.28. The molecule has 2 heterocycles. The summed E-state index contributed by atoms with van der Waals surface area (Å²) in [4.78, 5) is 27.3. The minimum atomic E-state index is -0.459. The van der Waals surface area contributed by atoms with Crippen LogP contribution in [0.1, 0.15) is 52.7 Å². The van der Waals surface area contributed by atoms with Crippen molar-refractivity contribution in [3.8, 4) is 5.75 Å². The van der Waals surface area contributed by atoms with E-state index in [9.17, 15) is 9.59 Å². The molecule has 2 aromatic carbocycles. The molecule has 4 nitrogen and oxygen atoms in total. The molecular formula is C24H27NO3. The van der Waals surface area contributed by atoms with Gasteiger partial charge in [-0.3, -0.25) is 9.59 Å². The number of carbonyl (C=O) groups excluding carboxylic acids is 2. The first-order valence-electron chi connectivity index (χ1n) is 10.1. The van der Waals surface area contributed by atoms with Crippen molar-refractivity contribution < 1.29 is 14.3 Å². The van der Waals surface area contributed by atoms with Gasteiger partial charge >= 0.3 is 0 Å². The van der Waals surface area contributed by atoms with E-state index < -0.39 is 5.60 Å². The second kappa shape index (κ2) is 7.42. The number of aryl methyl sites for hydroxylation is 2. The molecule has 1 spiro atoms. The van der Waals surface area contributed by atoms with Crippen molar-refractivity contribution in [3.63, 3.8) is 0 Å². The highest BCUT2D eigenvalue weighted by Gasteiger charge is 2.44. The summed E-state index contributed by atoms with van der Waals surface area (Å²) in [6, 6.07) is 14.0. The van der Waals surface area contributed by atoms with Gasteiger partial charge in [0.25, 0.3) is 0 Å². The molecule has 2 aliphatic heterocycles. The Morgan fingerprint density at radius 2 is 1.79 bits per heavy atom. The number of rotatable bonds is 3. The topological polar surface area (TPSA) is 46.6 Å². The number of fused-ring (bicyclic) bond motifs is 1. The Bertz CT molecular complexity index is 896. The second-order valence-corrected chi connectivity index (χ2v) is 8.14. The number of hydrogen-bond acceptors (Lipinski definition) is 3. The lowest BCUT2D eigenvalue weighted by Crippen LogP contribution is -2.52. The molecule has 0 unspecified atom stereocenters. The van der Waals surface area contributed by atoms with Crippen LogP contribution in [0, 0.1) is 13.8 Å². The lowest BCUT2D eigenvalue weighted by Gasteiger charge is -2.44. The predicted molar refractivity (Wildman–Crippen MR) is 109 cm³/mol. The van der Waals surface area contributed by atoms with Gasteiger partial charge in [-0.25, -0.2) is 0 Å². The lowest BCUT2D eigenvalue weighted by molar-refractivity contribution is -0.134. The summed E-state index contributed by atoms with van der Waals surface area (Å²) < 4.78 is 6.44. The molecule has 0 radical (unpaired) electrons. The number of ketones is 1. The number of nitrogens with zero attached hydrogens (tertiary/aromatic N) is 1. The van der Waals surface area contributed by atoms with Crippen molar-refractivity contribution in [1.29, 1.82) is 0 Å². The molecule has 28 heavy (non-hydrogen) atoms. The number of likely N-dealkylation sites (tertiary alicyclic amines) is 1. The lowest BCUT2D eigenvalue weighted by atomic mass is 9.81. The molecule has 0 aliphatic carbocycles. The molecule has 0 aromatic heterocycles. The van der Waals surface area contributed by atoms with Crippen LogP contribution < -0.4 is 4.74 Å². The summed E-state index contributed by atoms with van der Waals surface area (Å²) in [7, 11) is 0.